The van der Waals surface area contributed by atoms with Crippen molar-refractivity contribution in [2.24, 2.45) is 7.05 Å². The minimum atomic E-state index is -0.340. The first-order valence-corrected chi connectivity index (χ1v) is 11.2. The fraction of sp³-hybridized carbons (Fsp3) is 0.435. The molecule has 1 aromatic carbocycles. The Labute approximate surface area is 190 Å². The Morgan fingerprint density at radius 3 is 2.53 bits per heavy atom. The molecular weight excluding hydrogens is 432 g/mol. The van der Waals surface area contributed by atoms with Crippen LogP contribution >= 0.6 is 11.6 Å². The van der Waals surface area contributed by atoms with Crippen molar-refractivity contribution >= 4 is 34.9 Å². The van der Waals surface area contributed by atoms with E-state index in [4.69, 9.17) is 21.1 Å². The predicted molar refractivity (Wildman–Crippen MR) is 125 cm³/mol. The van der Waals surface area contributed by atoms with Crippen molar-refractivity contribution in [3.05, 3.63) is 55.4 Å². The number of benzene rings is 1. The highest BCUT2D eigenvalue weighted by atomic mass is 35.5. The van der Waals surface area contributed by atoms with E-state index in [1.165, 1.54) is 9.13 Å². The minimum Gasteiger partial charge on any atom is -0.489 e. The quantitative estimate of drug-likeness (QED) is 0.566. The topological polar surface area (TPSA) is 80.3 Å². The first-order valence-electron chi connectivity index (χ1n) is 10.9. The first-order chi connectivity index (χ1) is 15.4. The Morgan fingerprint density at radius 1 is 1.16 bits per heavy atom. The van der Waals surface area contributed by atoms with Crippen LogP contribution in [0.25, 0.3) is 23.3 Å². The van der Waals surface area contributed by atoms with E-state index in [0.29, 0.717) is 54.1 Å². The molecule has 1 aliphatic heterocycles. The van der Waals surface area contributed by atoms with Gasteiger partial charge < -0.3 is 14.0 Å². The molecule has 3 aromatic rings. The van der Waals surface area contributed by atoms with Crippen molar-refractivity contribution in [1.29, 1.82) is 0 Å². The zero-order valence-electron chi connectivity index (χ0n) is 18.5. The van der Waals surface area contributed by atoms with Gasteiger partial charge in [-0.15, -0.1) is 0 Å². The van der Waals surface area contributed by atoms with E-state index < -0.39 is 0 Å². The van der Waals surface area contributed by atoms with Crippen LogP contribution in [0.5, 0.6) is 5.75 Å². The van der Waals surface area contributed by atoms with Gasteiger partial charge in [-0.25, -0.2) is 9.78 Å². The molecule has 8 nitrogen and oxygen atoms in total. The van der Waals surface area contributed by atoms with Gasteiger partial charge in [-0.05, 0) is 37.6 Å². The molecule has 0 amide bonds. The number of rotatable bonds is 6. The van der Waals surface area contributed by atoms with Crippen molar-refractivity contribution in [2.75, 3.05) is 13.2 Å². The van der Waals surface area contributed by atoms with Crippen molar-refractivity contribution in [2.45, 2.75) is 45.9 Å². The Balaban J connectivity index is 1.65. The maximum atomic E-state index is 12.8. The molecule has 0 radical (unpaired) electrons. The second kappa shape index (κ2) is 9.34. The third kappa shape index (κ3) is 4.12. The fourth-order valence-electron chi connectivity index (χ4n) is 3.95. The number of aryl methyl sites for hydroxylation is 2. The number of fused-ring (bicyclic) bond motifs is 1. The molecule has 0 saturated carbocycles. The van der Waals surface area contributed by atoms with Gasteiger partial charge in [0.05, 0.1) is 18.2 Å². The molecule has 3 heterocycles. The summed E-state index contributed by atoms with van der Waals surface area (Å²) in [5.41, 5.74) is 1.01. The molecule has 2 aromatic heterocycles. The molecule has 0 atom stereocenters. The lowest BCUT2D eigenvalue weighted by Crippen LogP contribution is -2.39. The molecule has 32 heavy (non-hydrogen) atoms. The summed E-state index contributed by atoms with van der Waals surface area (Å²) in [4.78, 5) is 30.0. The molecule has 1 saturated heterocycles. The number of imidazole rings is 1. The Morgan fingerprint density at radius 2 is 1.88 bits per heavy atom. The van der Waals surface area contributed by atoms with Crippen LogP contribution in [0.2, 0.25) is 5.02 Å². The van der Waals surface area contributed by atoms with Gasteiger partial charge in [-0.2, -0.15) is 0 Å². The van der Waals surface area contributed by atoms with Gasteiger partial charge in [0.25, 0.3) is 5.56 Å². The van der Waals surface area contributed by atoms with E-state index >= 15 is 0 Å². The molecule has 1 aliphatic rings. The number of aromatic nitrogens is 4. The lowest BCUT2D eigenvalue weighted by molar-refractivity contribution is 0.0256. The van der Waals surface area contributed by atoms with Gasteiger partial charge in [-0.3, -0.25) is 13.9 Å². The van der Waals surface area contributed by atoms with Gasteiger partial charge in [0.1, 0.15) is 17.7 Å². The van der Waals surface area contributed by atoms with Gasteiger partial charge in [0.15, 0.2) is 11.2 Å². The average Bonchev–Trinajstić information content (AvgIpc) is 3.11. The number of halogens is 1. The highest BCUT2D eigenvalue weighted by Gasteiger charge is 2.18. The van der Waals surface area contributed by atoms with E-state index in [2.05, 4.69) is 4.98 Å². The average molecular weight is 459 g/mol. The lowest BCUT2D eigenvalue weighted by atomic mass is 10.1. The molecule has 4 rings (SSSR count). The van der Waals surface area contributed by atoms with Crippen LogP contribution in [0.15, 0.2) is 27.8 Å². The van der Waals surface area contributed by atoms with Crippen LogP contribution in [0, 0.1) is 0 Å². The summed E-state index contributed by atoms with van der Waals surface area (Å²) in [6.45, 7) is 5.80. The van der Waals surface area contributed by atoms with Crippen LogP contribution in [0.3, 0.4) is 0 Å². The number of hydrogen-bond acceptors (Lipinski definition) is 5. The van der Waals surface area contributed by atoms with Gasteiger partial charge >= 0.3 is 5.69 Å². The summed E-state index contributed by atoms with van der Waals surface area (Å²) in [5.74, 6) is 1.23. The maximum Gasteiger partial charge on any atom is 0.332 e. The minimum absolute atomic E-state index is 0.117. The van der Waals surface area contributed by atoms with Gasteiger partial charge in [0, 0.05) is 33.0 Å². The third-order valence-corrected chi connectivity index (χ3v) is 6.05. The van der Waals surface area contributed by atoms with Crippen molar-refractivity contribution in [3.63, 3.8) is 0 Å². The van der Waals surface area contributed by atoms with E-state index in [9.17, 15) is 9.59 Å². The number of nitrogens with zero attached hydrogens (tertiary/aromatic N) is 4. The maximum absolute atomic E-state index is 12.8. The second-order valence-corrected chi connectivity index (χ2v) is 8.14. The Bertz CT molecular complexity index is 1280. The Kier molecular flexibility index (Phi) is 6.53. The molecular formula is C23H27ClN4O4. The predicted octanol–water partition coefficient (Wildman–Crippen LogP) is 3.32. The SMILES string of the molecule is CCn1c(=O)c2c(nc(/C=C/c3ccc(OC4CCOCC4)c(Cl)c3)n2C)n(CC)c1=O. The zero-order chi connectivity index (χ0) is 22.8. The van der Waals surface area contributed by atoms with Crippen molar-refractivity contribution in [3.8, 4) is 5.75 Å². The van der Waals surface area contributed by atoms with Gasteiger partial charge in [0.2, 0.25) is 0 Å². The van der Waals surface area contributed by atoms with E-state index in [-0.39, 0.29) is 17.4 Å². The van der Waals surface area contributed by atoms with Crippen molar-refractivity contribution < 1.29 is 9.47 Å². The monoisotopic (exact) mass is 458 g/mol. The highest BCUT2D eigenvalue weighted by Crippen LogP contribution is 2.29. The largest absolute Gasteiger partial charge is 0.489 e. The molecule has 0 N–H and O–H groups in total. The molecule has 1 fully saturated rings. The van der Waals surface area contributed by atoms with E-state index in [1.807, 2.05) is 37.3 Å². The normalized spacial score (nSPS) is 15.1. The second-order valence-electron chi connectivity index (χ2n) is 7.73. The standard InChI is InChI=1S/C23H27ClN4O4/c1-4-27-21-20(22(29)28(5-2)23(27)30)26(3)19(25-21)9-7-15-6-8-18(17(24)14-15)32-16-10-12-31-13-11-16/h6-9,14,16H,4-5,10-13H2,1-3H3/b9-7+. The molecule has 0 spiro atoms. The van der Waals surface area contributed by atoms with E-state index in [1.54, 1.807) is 18.5 Å². The van der Waals surface area contributed by atoms with Crippen LogP contribution in [0.4, 0.5) is 0 Å². The van der Waals surface area contributed by atoms with Crippen LogP contribution < -0.4 is 16.0 Å². The van der Waals surface area contributed by atoms with Crippen LogP contribution in [-0.4, -0.2) is 38.0 Å². The first kappa shape index (κ1) is 22.4. The molecule has 9 heteroatoms. The summed E-state index contributed by atoms with van der Waals surface area (Å²) in [6, 6.07) is 5.62. The molecule has 0 bridgehead atoms. The van der Waals surface area contributed by atoms with Crippen molar-refractivity contribution in [1.82, 2.24) is 18.7 Å². The summed E-state index contributed by atoms with van der Waals surface area (Å²) in [6.07, 6.45) is 5.51. The molecule has 0 aliphatic carbocycles. The third-order valence-electron chi connectivity index (χ3n) is 5.75. The van der Waals surface area contributed by atoms with Crippen LogP contribution in [-0.2, 0) is 24.9 Å². The number of ether oxygens (including phenoxy) is 2. The summed E-state index contributed by atoms with van der Waals surface area (Å²) in [5, 5.41) is 0.536. The summed E-state index contributed by atoms with van der Waals surface area (Å²) in [7, 11) is 1.78. The van der Waals surface area contributed by atoms with Crippen LogP contribution in [0.1, 0.15) is 38.1 Å². The van der Waals surface area contributed by atoms with Gasteiger partial charge in [-0.1, -0.05) is 23.7 Å². The summed E-state index contributed by atoms with van der Waals surface area (Å²) < 4.78 is 15.9. The van der Waals surface area contributed by atoms with E-state index in [0.717, 1.165) is 18.4 Å². The Hall–Kier alpha value is -2.84. The zero-order valence-corrected chi connectivity index (χ0v) is 19.3. The molecule has 170 valence electrons. The summed E-state index contributed by atoms with van der Waals surface area (Å²) >= 11 is 6.44. The lowest BCUT2D eigenvalue weighted by Gasteiger charge is -2.23. The molecule has 0 unspecified atom stereocenters. The fourth-order valence-corrected chi connectivity index (χ4v) is 4.19. The highest BCUT2D eigenvalue weighted by molar-refractivity contribution is 6.32. The number of hydrogen-bond donors (Lipinski definition) is 0. The smallest absolute Gasteiger partial charge is 0.332 e.